The van der Waals surface area contributed by atoms with Gasteiger partial charge in [0.05, 0.1) is 5.52 Å². The van der Waals surface area contributed by atoms with E-state index >= 15 is 0 Å². The predicted octanol–water partition coefficient (Wildman–Crippen LogP) is 3.83. The summed E-state index contributed by atoms with van der Waals surface area (Å²) >= 11 is 3.55. The lowest BCUT2D eigenvalue weighted by Crippen LogP contribution is -2.20. The van der Waals surface area contributed by atoms with Crippen molar-refractivity contribution in [2.75, 3.05) is 11.9 Å². The van der Waals surface area contributed by atoms with Crippen LogP contribution >= 0.6 is 15.9 Å². The number of carboxylic acid groups (broad SMARTS) is 1. The average Bonchev–Trinajstić information content (AvgIpc) is 3.34. The van der Waals surface area contributed by atoms with Crippen molar-refractivity contribution in [3.63, 3.8) is 0 Å². The summed E-state index contributed by atoms with van der Waals surface area (Å²) in [5.74, 6) is -0.844. The number of aliphatic carboxylic acids is 1. The van der Waals surface area contributed by atoms with Gasteiger partial charge in [0.1, 0.15) is 0 Å². The van der Waals surface area contributed by atoms with Crippen LogP contribution in [0.4, 0.5) is 6.01 Å². The van der Waals surface area contributed by atoms with Crippen molar-refractivity contribution in [2.24, 2.45) is 0 Å². The zero-order chi connectivity index (χ0) is 18.4. The maximum atomic E-state index is 13.0. The van der Waals surface area contributed by atoms with E-state index in [2.05, 4.69) is 26.2 Å². The second-order valence-electron chi connectivity index (χ2n) is 6.60. The number of halogens is 1. The minimum absolute atomic E-state index is 0.0673. The highest BCUT2D eigenvalue weighted by atomic mass is 79.9. The fraction of sp³-hybridized carbons (Fsp3) is 0.389. The summed E-state index contributed by atoms with van der Waals surface area (Å²) in [6.07, 6.45) is 2.50. The number of carbonyl (C=O) groups is 1. The van der Waals surface area contributed by atoms with E-state index in [-0.39, 0.29) is 24.0 Å². The van der Waals surface area contributed by atoms with Gasteiger partial charge < -0.3 is 19.4 Å². The molecule has 2 aromatic heterocycles. The van der Waals surface area contributed by atoms with Crippen LogP contribution in [0, 0.1) is 6.92 Å². The van der Waals surface area contributed by atoms with E-state index in [9.17, 15) is 9.59 Å². The maximum absolute atomic E-state index is 13.0. The average molecular weight is 420 g/mol. The van der Waals surface area contributed by atoms with Crippen LogP contribution < -0.4 is 10.9 Å². The molecule has 8 heteroatoms. The van der Waals surface area contributed by atoms with Gasteiger partial charge in [-0.2, -0.15) is 4.98 Å². The van der Waals surface area contributed by atoms with Crippen LogP contribution in [-0.2, 0) is 4.79 Å². The third-order valence-electron chi connectivity index (χ3n) is 4.65. The number of hydrogen-bond acceptors (Lipinski definition) is 5. The minimum atomic E-state index is -0.844. The number of nitrogens with one attached hydrogen (secondary N) is 1. The van der Waals surface area contributed by atoms with Gasteiger partial charge in [-0.05, 0) is 43.9 Å². The van der Waals surface area contributed by atoms with E-state index in [0.29, 0.717) is 24.1 Å². The minimum Gasteiger partial charge on any atom is -0.481 e. The van der Waals surface area contributed by atoms with Crippen LogP contribution in [0.1, 0.15) is 37.3 Å². The largest absolute Gasteiger partial charge is 0.481 e. The Morgan fingerprint density at radius 2 is 2.23 bits per heavy atom. The van der Waals surface area contributed by atoms with Crippen LogP contribution in [0.2, 0.25) is 0 Å². The lowest BCUT2D eigenvalue weighted by atomic mass is 10.1. The van der Waals surface area contributed by atoms with Gasteiger partial charge in [-0.1, -0.05) is 15.9 Å². The van der Waals surface area contributed by atoms with Gasteiger partial charge in [-0.15, -0.1) is 0 Å². The van der Waals surface area contributed by atoms with Gasteiger partial charge in [-0.3, -0.25) is 9.59 Å². The third-order valence-corrected chi connectivity index (χ3v) is 5.51. The number of aryl methyl sites for hydroxylation is 1. The zero-order valence-electron chi connectivity index (χ0n) is 14.2. The Morgan fingerprint density at radius 3 is 2.92 bits per heavy atom. The lowest BCUT2D eigenvalue weighted by Gasteiger charge is -2.12. The molecule has 2 heterocycles. The molecule has 0 saturated heterocycles. The fourth-order valence-electron chi connectivity index (χ4n) is 3.22. The lowest BCUT2D eigenvalue weighted by molar-refractivity contribution is -0.137. The van der Waals surface area contributed by atoms with Crippen molar-refractivity contribution >= 4 is 49.9 Å². The zero-order valence-corrected chi connectivity index (χ0v) is 15.8. The van der Waals surface area contributed by atoms with Crippen LogP contribution in [0.3, 0.4) is 0 Å². The molecule has 3 aromatic rings. The molecule has 0 aliphatic heterocycles. The molecule has 136 valence electrons. The fourth-order valence-corrected chi connectivity index (χ4v) is 3.54. The van der Waals surface area contributed by atoms with Crippen molar-refractivity contribution in [1.29, 1.82) is 0 Å². The van der Waals surface area contributed by atoms with Gasteiger partial charge in [0.2, 0.25) is 0 Å². The Bertz CT molecular complexity index is 1080. The van der Waals surface area contributed by atoms with Gasteiger partial charge in [0.15, 0.2) is 11.1 Å². The molecule has 0 radical (unpaired) electrons. The highest BCUT2D eigenvalue weighted by Gasteiger charge is 2.30. The first-order valence-electron chi connectivity index (χ1n) is 8.57. The normalized spacial score (nSPS) is 14.2. The summed E-state index contributed by atoms with van der Waals surface area (Å²) in [6, 6.07) is 4.34. The second-order valence-corrected chi connectivity index (χ2v) is 7.45. The van der Waals surface area contributed by atoms with Crippen molar-refractivity contribution in [1.82, 2.24) is 9.55 Å². The van der Waals surface area contributed by atoms with Gasteiger partial charge in [0.25, 0.3) is 11.6 Å². The standard InChI is InChI=1S/C18H18BrN3O4/c1-9-12(19)7-6-11-15(9)22(10-4-5-10)17(25)14-16(11)26-18(21-14)20-8-2-3-13(23)24/h6-7,10H,2-5,8H2,1H3,(H,20,21)(H,23,24). The Hall–Kier alpha value is -2.35. The number of aromatic nitrogens is 2. The molecule has 0 spiro atoms. The van der Waals surface area contributed by atoms with Crippen LogP contribution in [0.5, 0.6) is 0 Å². The second kappa shape index (κ2) is 6.42. The number of rotatable bonds is 6. The maximum Gasteiger partial charge on any atom is 0.303 e. The first-order valence-corrected chi connectivity index (χ1v) is 9.36. The van der Waals surface area contributed by atoms with E-state index in [1.807, 2.05) is 23.6 Å². The number of anilines is 1. The molecule has 26 heavy (non-hydrogen) atoms. The van der Waals surface area contributed by atoms with Crippen LogP contribution in [0.15, 0.2) is 25.8 Å². The molecular formula is C18H18BrN3O4. The number of benzene rings is 1. The number of oxazole rings is 1. The molecule has 4 rings (SSSR count). The summed E-state index contributed by atoms with van der Waals surface area (Å²) < 4.78 is 8.61. The van der Waals surface area contributed by atoms with Crippen molar-refractivity contribution in [3.8, 4) is 0 Å². The van der Waals surface area contributed by atoms with E-state index < -0.39 is 5.97 Å². The Balaban J connectivity index is 1.83. The highest BCUT2D eigenvalue weighted by molar-refractivity contribution is 9.10. The van der Waals surface area contributed by atoms with Crippen molar-refractivity contribution < 1.29 is 14.3 Å². The predicted molar refractivity (Wildman–Crippen MR) is 102 cm³/mol. The van der Waals surface area contributed by atoms with E-state index in [1.165, 1.54) is 0 Å². The van der Waals surface area contributed by atoms with Crippen LogP contribution in [0.25, 0.3) is 22.0 Å². The summed E-state index contributed by atoms with van der Waals surface area (Å²) in [6.45, 7) is 2.40. The molecule has 1 saturated carbocycles. The smallest absolute Gasteiger partial charge is 0.303 e. The molecule has 1 fully saturated rings. The van der Waals surface area contributed by atoms with E-state index in [4.69, 9.17) is 9.52 Å². The Kier molecular flexibility index (Phi) is 4.22. The van der Waals surface area contributed by atoms with E-state index in [1.54, 1.807) is 0 Å². The Morgan fingerprint density at radius 1 is 1.46 bits per heavy atom. The summed E-state index contributed by atoms with van der Waals surface area (Å²) in [7, 11) is 0. The summed E-state index contributed by atoms with van der Waals surface area (Å²) in [5.41, 5.74) is 2.53. The molecule has 0 unspecified atom stereocenters. The van der Waals surface area contributed by atoms with Gasteiger partial charge >= 0.3 is 5.97 Å². The van der Waals surface area contributed by atoms with Crippen molar-refractivity contribution in [2.45, 2.75) is 38.6 Å². The number of nitrogens with zero attached hydrogens (tertiary/aromatic N) is 2. The van der Waals surface area contributed by atoms with Crippen molar-refractivity contribution in [3.05, 3.63) is 32.5 Å². The molecule has 0 amide bonds. The number of hydrogen-bond donors (Lipinski definition) is 2. The number of fused-ring (bicyclic) bond motifs is 3. The third kappa shape index (κ3) is 2.88. The summed E-state index contributed by atoms with van der Waals surface area (Å²) in [4.78, 5) is 28.0. The first-order chi connectivity index (χ1) is 12.5. The molecule has 1 aromatic carbocycles. The van der Waals surface area contributed by atoms with Crippen LogP contribution in [-0.4, -0.2) is 27.2 Å². The molecule has 1 aliphatic rings. The molecule has 1 aliphatic carbocycles. The van der Waals surface area contributed by atoms with E-state index in [0.717, 1.165) is 33.8 Å². The number of carboxylic acids is 1. The SMILES string of the molecule is Cc1c(Br)ccc2c3oc(NCCCC(=O)O)nc3c(=O)n(C3CC3)c12. The molecule has 0 bridgehead atoms. The topological polar surface area (TPSA) is 97.4 Å². The Labute approximate surface area is 157 Å². The molecule has 0 atom stereocenters. The quantitative estimate of drug-likeness (QED) is 0.589. The first kappa shape index (κ1) is 17.1. The monoisotopic (exact) mass is 419 g/mol. The molecular weight excluding hydrogens is 402 g/mol. The molecule has 2 N–H and O–H groups in total. The highest BCUT2D eigenvalue weighted by Crippen LogP contribution is 2.39. The number of pyridine rings is 1. The van der Waals surface area contributed by atoms with Gasteiger partial charge in [0, 0.05) is 28.9 Å². The molecule has 7 nitrogen and oxygen atoms in total. The summed E-state index contributed by atoms with van der Waals surface area (Å²) in [5, 5.41) is 12.5. The van der Waals surface area contributed by atoms with Gasteiger partial charge in [-0.25, -0.2) is 0 Å².